The molecule has 59 heavy (non-hydrogen) atoms. The molecule has 0 radical (unpaired) electrons. The van der Waals surface area contributed by atoms with Crippen molar-refractivity contribution in [2.75, 3.05) is 26.2 Å². The molecule has 4 aromatic carbocycles. The molecule has 0 unspecified atom stereocenters. The Balaban J connectivity index is 0.000000303. The molecule has 2 atom stereocenters. The van der Waals surface area contributed by atoms with Crippen LogP contribution in [0, 0.1) is 0 Å². The molecule has 328 valence electrons. The molecule has 1 aliphatic heterocycles. The number of hydrogen-bond donors (Lipinski definition) is 4. The van der Waals surface area contributed by atoms with Crippen molar-refractivity contribution >= 4 is 59.5 Å². The van der Waals surface area contributed by atoms with Gasteiger partial charge in [0.05, 0.1) is 37.8 Å². The Morgan fingerprint density at radius 3 is 0.966 bits per heavy atom. The molecular weight excluding hydrogens is 897 g/mol. The van der Waals surface area contributed by atoms with Crippen LogP contribution in [0.5, 0.6) is 0 Å². The Hall–Kier alpha value is -0.946. The summed E-state index contributed by atoms with van der Waals surface area (Å²) in [6.45, 7) is 19.4. The molecule has 5 rings (SSSR count). The van der Waals surface area contributed by atoms with Gasteiger partial charge in [-0.15, -0.1) is 0 Å². The summed E-state index contributed by atoms with van der Waals surface area (Å²) in [6.07, 6.45) is 2.29. The minimum atomic E-state index is -2.61. The molecule has 0 amide bonds. The van der Waals surface area contributed by atoms with Crippen LogP contribution >= 0.6 is 11.4 Å². The third-order valence-electron chi connectivity index (χ3n) is 9.00. The van der Waals surface area contributed by atoms with Crippen LogP contribution < -0.4 is 21.3 Å². The Morgan fingerprint density at radius 2 is 0.729 bits per heavy atom. The van der Waals surface area contributed by atoms with Gasteiger partial charge in [0.15, 0.2) is 0 Å². The van der Waals surface area contributed by atoms with Gasteiger partial charge in [0.2, 0.25) is 0 Å². The van der Waals surface area contributed by atoms with Crippen LogP contribution in [0.25, 0.3) is 0 Å². The fourth-order valence-corrected chi connectivity index (χ4v) is 8.89. The zero-order valence-electron chi connectivity index (χ0n) is 35.2. The van der Waals surface area contributed by atoms with Crippen molar-refractivity contribution in [1.82, 2.24) is 21.3 Å². The molecule has 1 saturated heterocycles. The van der Waals surface area contributed by atoms with Crippen molar-refractivity contribution in [3.8, 4) is 0 Å². The van der Waals surface area contributed by atoms with Crippen molar-refractivity contribution < 1.29 is 34.6 Å². The van der Waals surface area contributed by atoms with Crippen LogP contribution in [0.1, 0.15) is 76.6 Å². The van der Waals surface area contributed by atoms with Crippen molar-refractivity contribution in [3.63, 3.8) is 0 Å². The number of nitrogens with one attached hydrogen (secondary N) is 4. The number of hydrogen-bond acceptors (Lipinski definition) is 12. The van der Waals surface area contributed by atoms with Gasteiger partial charge in [-0.2, -0.15) is 0 Å². The fourth-order valence-electron chi connectivity index (χ4n) is 6.24. The van der Waals surface area contributed by atoms with Crippen LogP contribution in [0.15, 0.2) is 121 Å². The molecule has 4 aromatic rings. The Morgan fingerprint density at radius 1 is 0.492 bits per heavy atom. The Bertz CT molecular complexity index is 1560. The second-order valence-corrected chi connectivity index (χ2v) is 25.6. The van der Waals surface area contributed by atoms with Gasteiger partial charge in [0.25, 0.3) is 0 Å². The third-order valence-corrected chi connectivity index (χ3v) is 13.3. The van der Waals surface area contributed by atoms with E-state index < -0.39 is 11.4 Å². The molecule has 0 bridgehead atoms. The zero-order valence-corrected chi connectivity index (χ0v) is 41.3. The van der Waals surface area contributed by atoms with Gasteiger partial charge in [-0.1, -0.05) is 145 Å². The second-order valence-electron chi connectivity index (χ2n) is 15.7. The Labute approximate surface area is 386 Å². The monoisotopic (exact) mass is 960 g/mol. The van der Waals surface area contributed by atoms with Gasteiger partial charge in [0.1, 0.15) is 0 Å². The van der Waals surface area contributed by atoms with E-state index in [0.717, 1.165) is 61.3 Å². The van der Waals surface area contributed by atoms with Gasteiger partial charge in [0, 0.05) is 49.3 Å². The SMILES string of the molecule is C[C@@H]1CC(C)(C)NCCN[C@@H](C)CC(C)(C)NCCN1.S=P([S-])(OCc1ccccc1)OCc1ccccc1.S=P([S-])(OCc1ccccc1)OCc1ccccc1.[Ni+2]. The largest absolute Gasteiger partial charge is 2.00 e. The molecule has 0 spiro atoms. The van der Waals surface area contributed by atoms with E-state index in [1.54, 1.807) is 0 Å². The first-order valence-corrected chi connectivity index (χ1v) is 27.1. The molecule has 4 N–H and O–H groups in total. The second kappa shape index (κ2) is 28.7. The first kappa shape index (κ1) is 54.2. The van der Waals surface area contributed by atoms with E-state index >= 15 is 0 Å². The van der Waals surface area contributed by atoms with Crippen LogP contribution in [0.4, 0.5) is 0 Å². The topological polar surface area (TPSA) is 85.0 Å². The zero-order chi connectivity index (χ0) is 42.3. The van der Waals surface area contributed by atoms with Crippen LogP contribution in [-0.4, -0.2) is 49.3 Å². The molecule has 1 heterocycles. The summed E-state index contributed by atoms with van der Waals surface area (Å²) < 4.78 is 22.2. The maximum absolute atomic E-state index is 5.56. The van der Waals surface area contributed by atoms with Crippen molar-refractivity contribution in [1.29, 1.82) is 0 Å². The predicted molar refractivity (Wildman–Crippen MR) is 257 cm³/mol. The first-order chi connectivity index (χ1) is 27.5. The minimum absolute atomic E-state index is 0. The van der Waals surface area contributed by atoms with Gasteiger partial charge < -0.3 is 63.9 Å². The van der Waals surface area contributed by atoms with E-state index in [0.29, 0.717) is 38.5 Å². The predicted octanol–water partition coefficient (Wildman–Crippen LogP) is 9.85. The molecular formula is C44H64N4NiO4P2S4. The van der Waals surface area contributed by atoms with E-state index in [4.69, 9.17) is 66.2 Å². The van der Waals surface area contributed by atoms with E-state index in [9.17, 15) is 0 Å². The summed E-state index contributed by atoms with van der Waals surface area (Å²) in [5.74, 6) is 0. The summed E-state index contributed by atoms with van der Waals surface area (Å²) in [5, 5.41) is 14.6. The average molecular weight is 962 g/mol. The standard InChI is InChI=1S/C16H36N4.2C14H15O2PS2.Ni/c1-13-11-15(3,4)19-10-8-18-14(2)12-16(5,6)20-9-7-17-13;2*18-17(19,15-11-13-7-3-1-4-8-13)16-12-14-9-5-2-6-10-14;/h13-14,17-20H,7-12H2,1-6H3;2*1-10H,11-12H2,(H,18,19);/q;;;+2/p-2/t13-,14+;;;. The average Bonchev–Trinajstić information content (AvgIpc) is 3.20. The van der Waals surface area contributed by atoms with E-state index in [1.165, 1.54) is 0 Å². The molecule has 15 heteroatoms. The van der Waals surface area contributed by atoms with Gasteiger partial charge in [-0.25, -0.2) is 0 Å². The van der Waals surface area contributed by atoms with E-state index in [-0.39, 0.29) is 27.6 Å². The van der Waals surface area contributed by atoms with Crippen molar-refractivity contribution in [2.45, 2.75) is 104 Å². The third kappa shape index (κ3) is 26.3. The van der Waals surface area contributed by atoms with E-state index in [1.807, 2.05) is 121 Å². The van der Waals surface area contributed by atoms with Crippen LogP contribution in [-0.2, 0) is 109 Å². The molecule has 0 saturated carbocycles. The van der Waals surface area contributed by atoms with Crippen molar-refractivity contribution in [2.24, 2.45) is 0 Å². The molecule has 1 fully saturated rings. The quantitative estimate of drug-likeness (QED) is 0.0620. The molecule has 8 nitrogen and oxygen atoms in total. The van der Waals surface area contributed by atoms with E-state index in [2.05, 4.69) is 62.8 Å². The molecule has 0 aromatic heterocycles. The summed E-state index contributed by atoms with van der Waals surface area (Å²) >= 11 is 20.9. The maximum Gasteiger partial charge on any atom is 2.00 e. The van der Waals surface area contributed by atoms with Crippen LogP contribution in [0.2, 0.25) is 0 Å². The summed E-state index contributed by atoms with van der Waals surface area (Å²) in [4.78, 5) is 0. The van der Waals surface area contributed by atoms with Gasteiger partial charge in [-0.05, 0) is 76.6 Å². The van der Waals surface area contributed by atoms with Gasteiger partial charge >= 0.3 is 16.5 Å². The van der Waals surface area contributed by atoms with Gasteiger partial charge in [-0.3, -0.25) is 0 Å². The number of benzene rings is 4. The van der Waals surface area contributed by atoms with Crippen molar-refractivity contribution in [3.05, 3.63) is 144 Å². The summed E-state index contributed by atoms with van der Waals surface area (Å²) in [6, 6.07) is 40.3. The Kier molecular flexibility index (Phi) is 26.3. The smallest absolute Gasteiger partial charge is 0.691 e. The maximum atomic E-state index is 5.56. The summed E-state index contributed by atoms with van der Waals surface area (Å²) in [7, 11) is 0. The van der Waals surface area contributed by atoms with Crippen LogP contribution in [0.3, 0.4) is 0 Å². The fraction of sp³-hybridized carbons (Fsp3) is 0.455. The first-order valence-electron chi connectivity index (χ1n) is 19.8. The molecule has 0 aliphatic carbocycles. The minimum Gasteiger partial charge on any atom is -0.691 e. The molecule has 1 aliphatic rings. The normalized spacial score (nSPS) is 18.6. The summed E-state index contributed by atoms with van der Waals surface area (Å²) in [5.41, 5.74) is -0.651. The number of rotatable bonds is 12.